The van der Waals surface area contributed by atoms with E-state index >= 15 is 0 Å². The summed E-state index contributed by atoms with van der Waals surface area (Å²) >= 11 is 0. The molecule has 2 aliphatic carbocycles. The first-order valence-electron chi connectivity index (χ1n) is 16.3. The van der Waals surface area contributed by atoms with Gasteiger partial charge < -0.3 is 20.1 Å². The molecular formula is C33H49N7O4Si. The molecule has 5 rings (SSSR count). The van der Waals surface area contributed by atoms with E-state index in [9.17, 15) is 9.59 Å². The Hall–Kier alpha value is -3.35. The summed E-state index contributed by atoms with van der Waals surface area (Å²) in [5.74, 6) is 0.522. The molecule has 2 saturated carbocycles. The van der Waals surface area contributed by atoms with E-state index in [0.29, 0.717) is 43.1 Å². The van der Waals surface area contributed by atoms with E-state index in [1.165, 1.54) is 0 Å². The first kappa shape index (κ1) is 33.0. The molecule has 3 aromatic heterocycles. The third kappa shape index (κ3) is 8.47. The van der Waals surface area contributed by atoms with Crippen LogP contribution in [0.3, 0.4) is 0 Å². The van der Waals surface area contributed by atoms with Gasteiger partial charge in [-0.2, -0.15) is 10.2 Å². The minimum Gasteiger partial charge on any atom is -0.383 e. The Morgan fingerprint density at radius 1 is 1.07 bits per heavy atom. The smallest absolute Gasteiger partial charge is 0.270 e. The highest BCUT2D eigenvalue weighted by atomic mass is 28.3. The maximum atomic E-state index is 13.9. The number of aromatic nitrogens is 5. The predicted octanol–water partition coefficient (Wildman–Crippen LogP) is 5.14. The minimum absolute atomic E-state index is 0.116. The van der Waals surface area contributed by atoms with Gasteiger partial charge in [-0.05, 0) is 81.0 Å². The van der Waals surface area contributed by atoms with Gasteiger partial charge >= 0.3 is 0 Å². The number of methoxy groups -OCH3 is 1. The SMILES string of the molecule is CCc1c(-c2ccc(NC(=O)[C@@H](NC(=O)c3ccnn3CCOC)C(C3CC3)C3CC3)cn2)c(C)nn1COCC[Si](C)(C)C. The van der Waals surface area contributed by atoms with Gasteiger partial charge in [0.05, 0.1) is 42.1 Å². The molecule has 2 aliphatic rings. The third-order valence-electron chi connectivity index (χ3n) is 8.81. The van der Waals surface area contributed by atoms with Gasteiger partial charge in [0.2, 0.25) is 5.91 Å². The molecule has 2 amide bonds. The van der Waals surface area contributed by atoms with Gasteiger partial charge in [0.15, 0.2) is 0 Å². The largest absolute Gasteiger partial charge is 0.383 e. The molecule has 3 heterocycles. The van der Waals surface area contributed by atoms with Crippen LogP contribution in [-0.4, -0.2) is 70.8 Å². The van der Waals surface area contributed by atoms with Gasteiger partial charge in [0.1, 0.15) is 18.5 Å². The Kier molecular flexibility index (Phi) is 10.6. The van der Waals surface area contributed by atoms with Gasteiger partial charge in [-0.1, -0.05) is 26.6 Å². The topological polar surface area (TPSA) is 125 Å². The predicted molar refractivity (Wildman–Crippen MR) is 177 cm³/mol. The monoisotopic (exact) mass is 635 g/mol. The van der Waals surface area contributed by atoms with Crippen molar-refractivity contribution in [3.8, 4) is 11.3 Å². The number of nitrogens with zero attached hydrogens (tertiary/aromatic N) is 5. The van der Waals surface area contributed by atoms with Crippen LogP contribution in [0.4, 0.5) is 5.69 Å². The van der Waals surface area contributed by atoms with Crippen molar-refractivity contribution in [3.63, 3.8) is 0 Å². The highest BCUT2D eigenvalue weighted by Gasteiger charge is 2.48. The summed E-state index contributed by atoms with van der Waals surface area (Å²) in [5, 5.41) is 15.2. The lowest BCUT2D eigenvalue weighted by Crippen LogP contribution is -2.50. The number of carbonyl (C=O) groups excluding carboxylic acids is 2. The fraction of sp³-hybridized carbons (Fsp3) is 0.606. The molecule has 11 nitrogen and oxygen atoms in total. The number of pyridine rings is 1. The van der Waals surface area contributed by atoms with Crippen LogP contribution in [0.1, 0.15) is 54.5 Å². The van der Waals surface area contributed by atoms with E-state index in [1.54, 1.807) is 30.3 Å². The van der Waals surface area contributed by atoms with Gasteiger partial charge in [-0.15, -0.1) is 0 Å². The van der Waals surface area contributed by atoms with Crippen LogP contribution >= 0.6 is 0 Å². The fourth-order valence-electron chi connectivity index (χ4n) is 6.12. The molecule has 1 atom stereocenters. The normalized spacial score (nSPS) is 15.8. The molecule has 0 aliphatic heterocycles. The Balaban J connectivity index is 1.29. The van der Waals surface area contributed by atoms with E-state index in [-0.39, 0.29) is 17.7 Å². The second-order valence-corrected chi connectivity index (χ2v) is 19.3. The van der Waals surface area contributed by atoms with Crippen LogP contribution in [-0.2, 0) is 34.0 Å². The standard InChI is InChI=1S/C33H49N7O4Si/c1-7-27-29(22(2)38-40(27)21-44-18-19-45(4,5)6)26-13-12-25(20-34-26)36-33(42)31(30(23-8-9-23)24-10-11-24)37-32(41)28-14-15-35-39(28)16-17-43-3/h12-15,20,23-24,30-31H,7-11,16-19,21H2,1-6H3,(H,36,42)(H,37,41)/t31-/m0/s1. The summed E-state index contributed by atoms with van der Waals surface area (Å²) < 4.78 is 14.7. The Labute approximate surface area is 267 Å². The molecule has 0 spiro atoms. The van der Waals surface area contributed by atoms with Gasteiger partial charge in [0.25, 0.3) is 5.91 Å². The van der Waals surface area contributed by atoms with Crippen LogP contribution in [0.2, 0.25) is 25.7 Å². The van der Waals surface area contributed by atoms with E-state index < -0.39 is 14.1 Å². The van der Waals surface area contributed by atoms with Crippen LogP contribution in [0.5, 0.6) is 0 Å². The molecule has 0 radical (unpaired) electrons. The molecule has 244 valence electrons. The van der Waals surface area contributed by atoms with Crippen molar-refractivity contribution in [2.75, 3.05) is 25.6 Å². The molecule has 2 fully saturated rings. The van der Waals surface area contributed by atoms with Gasteiger partial charge in [0, 0.05) is 33.6 Å². The Morgan fingerprint density at radius 2 is 1.80 bits per heavy atom. The number of hydrogen-bond donors (Lipinski definition) is 2. The lowest BCUT2D eigenvalue weighted by molar-refractivity contribution is -0.119. The zero-order valence-corrected chi connectivity index (χ0v) is 28.6. The maximum Gasteiger partial charge on any atom is 0.270 e. The van der Waals surface area contributed by atoms with E-state index in [2.05, 4.69) is 42.3 Å². The molecular weight excluding hydrogens is 586 g/mol. The highest BCUT2D eigenvalue weighted by molar-refractivity contribution is 6.76. The summed E-state index contributed by atoms with van der Waals surface area (Å²) in [4.78, 5) is 32.0. The lowest BCUT2D eigenvalue weighted by Gasteiger charge is -2.27. The van der Waals surface area contributed by atoms with Gasteiger partial charge in [-0.3, -0.25) is 19.3 Å². The number of anilines is 1. The summed E-state index contributed by atoms with van der Waals surface area (Å²) in [5.41, 5.74) is 4.80. The van der Waals surface area contributed by atoms with Crippen LogP contribution in [0, 0.1) is 24.7 Å². The molecule has 45 heavy (non-hydrogen) atoms. The third-order valence-corrected chi connectivity index (χ3v) is 10.5. The zero-order valence-electron chi connectivity index (χ0n) is 27.6. The van der Waals surface area contributed by atoms with E-state index in [0.717, 1.165) is 67.4 Å². The van der Waals surface area contributed by atoms with Crippen molar-refractivity contribution in [1.29, 1.82) is 0 Å². The number of carbonyl (C=O) groups is 2. The van der Waals surface area contributed by atoms with E-state index in [4.69, 9.17) is 19.6 Å². The summed E-state index contributed by atoms with van der Waals surface area (Å²) in [7, 11) is 0.452. The molecule has 0 saturated heterocycles. The van der Waals surface area contributed by atoms with Crippen LogP contribution in [0.15, 0.2) is 30.6 Å². The first-order chi connectivity index (χ1) is 21.6. The second-order valence-electron chi connectivity index (χ2n) is 13.7. The number of rotatable bonds is 17. The summed E-state index contributed by atoms with van der Waals surface area (Å²) in [6.45, 7) is 13.2. The number of nitrogens with one attached hydrogen (secondary N) is 2. The second kappa shape index (κ2) is 14.4. The molecule has 0 aromatic carbocycles. The van der Waals surface area contributed by atoms with Crippen molar-refractivity contribution in [2.45, 2.75) is 91.0 Å². The molecule has 0 bridgehead atoms. The summed E-state index contributed by atoms with van der Waals surface area (Å²) in [6, 6.07) is 5.96. The highest BCUT2D eigenvalue weighted by Crippen LogP contribution is 2.51. The average Bonchev–Trinajstić information content (AvgIpc) is 3.94. The number of amides is 2. The summed E-state index contributed by atoms with van der Waals surface area (Å²) in [6.07, 6.45) is 8.47. The zero-order chi connectivity index (χ0) is 32.1. The fourth-order valence-corrected chi connectivity index (χ4v) is 6.88. The maximum absolute atomic E-state index is 13.9. The van der Waals surface area contributed by atoms with Crippen molar-refractivity contribution in [1.82, 2.24) is 29.9 Å². The molecule has 0 unspecified atom stereocenters. The molecule has 12 heteroatoms. The molecule has 2 N–H and O–H groups in total. The van der Waals surface area contributed by atoms with Crippen molar-refractivity contribution >= 4 is 25.6 Å². The van der Waals surface area contributed by atoms with Gasteiger partial charge in [-0.25, -0.2) is 4.68 Å². The van der Waals surface area contributed by atoms with Crippen molar-refractivity contribution in [3.05, 3.63) is 47.7 Å². The van der Waals surface area contributed by atoms with Crippen molar-refractivity contribution < 1.29 is 19.1 Å². The van der Waals surface area contributed by atoms with E-state index in [1.807, 2.05) is 23.7 Å². The Bertz CT molecular complexity index is 1440. The van der Waals surface area contributed by atoms with Crippen LogP contribution < -0.4 is 10.6 Å². The first-order valence-corrected chi connectivity index (χ1v) is 20.0. The number of aryl methyl sites for hydroxylation is 1. The number of hydrogen-bond acceptors (Lipinski definition) is 7. The molecule has 3 aromatic rings. The lowest BCUT2D eigenvalue weighted by atomic mass is 9.88. The van der Waals surface area contributed by atoms with Crippen LogP contribution in [0.25, 0.3) is 11.3 Å². The Morgan fingerprint density at radius 3 is 2.40 bits per heavy atom. The number of ether oxygens (including phenoxy) is 2. The van der Waals surface area contributed by atoms with Crippen molar-refractivity contribution in [2.24, 2.45) is 17.8 Å². The average molecular weight is 636 g/mol. The minimum atomic E-state index is -1.16. The quantitative estimate of drug-likeness (QED) is 0.155.